The van der Waals surface area contributed by atoms with Crippen molar-refractivity contribution in [2.24, 2.45) is 0 Å². The van der Waals surface area contributed by atoms with Gasteiger partial charge in [0.1, 0.15) is 5.69 Å². The van der Waals surface area contributed by atoms with Gasteiger partial charge in [0, 0.05) is 18.9 Å². The normalized spacial score (nSPS) is 10.2. The topological polar surface area (TPSA) is 59.8 Å². The Bertz CT molecular complexity index is 538. The first-order valence-corrected chi connectivity index (χ1v) is 5.95. The highest BCUT2D eigenvalue weighted by Gasteiger charge is 2.07. The first-order chi connectivity index (χ1) is 8.20. The summed E-state index contributed by atoms with van der Waals surface area (Å²) in [5.41, 5.74) is 1.18. The van der Waals surface area contributed by atoms with Crippen molar-refractivity contribution in [2.45, 2.75) is 6.92 Å². The molecule has 0 aliphatic rings. The second-order valence-electron chi connectivity index (χ2n) is 3.36. The van der Waals surface area contributed by atoms with Crippen LogP contribution in [0.4, 0.5) is 0 Å². The van der Waals surface area contributed by atoms with E-state index in [1.807, 2.05) is 13.1 Å². The fourth-order valence-electron chi connectivity index (χ4n) is 1.38. The lowest BCUT2D eigenvalue weighted by molar-refractivity contribution is 0.0951. The number of nitrogens with one attached hydrogen (secondary N) is 1. The molecule has 0 spiro atoms. The number of amides is 1. The Morgan fingerprint density at radius 3 is 3.06 bits per heavy atom. The smallest absolute Gasteiger partial charge is 0.269 e. The molecule has 0 aliphatic carbocycles. The number of hydrogen-bond acceptors (Lipinski definition) is 3. The zero-order valence-electron chi connectivity index (χ0n) is 9.22. The van der Waals surface area contributed by atoms with Crippen LogP contribution in [-0.2, 0) is 0 Å². The van der Waals surface area contributed by atoms with Crippen LogP contribution in [0.3, 0.4) is 0 Å². The Balaban J connectivity index is 2.31. The van der Waals surface area contributed by atoms with Crippen molar-refractivity contribution in [3.8, 4) is 5.69 Å². The highest BCUT2D eigenvalue weighted by atomic mass is 79.9. The number of aromatic nitrogens is 3. The Kier molecular flexibility index (Phi) is 3.53. The van der Waals surface area contributed by atoms with E-state index in [2.05, 4.69) is 31.3 Å². The van der Waals surface area contributed by atoms with E-state index in [0.717, 1.165) is 10.2 Å². The van der Waals surface area contributed by atoms with Crippen LogP contribution in [0.2, 0.25) is 0 Å². The Labute approximate surface area is 107 Å². The molecular formula is C11H11BrN4O. The maximum atomic E-state index is 11.6. The molecule has 0 atom stereocenters. The van der Waals surface area contributed by atoms with Gasteiger partial charge in [0.05, 0.1) is 16.4 Å². The highest BCUT2D eigenvalue weighted by molar-refractivity contribution is 9.10. The van der Waals surface area contributed by atoms with E-state index >= 15 is 0 Å². The summed E-state index contributed by atoms with van der Waals surface area (Å²) in [6, 6.07) is 3.49. The predicted octanol–water partition coefficient (Wildman–Crippen LogP) is 1.78. The average molecular weight is 295 g/mol. The molecule has 6 heteroatoms. The number of hydrogen-bond donors (Lipinski definition) is 1. The summed E-state index contributed by atoms with van der Waals surface area (Å²) in [5.74, 6) is -0.180. The van der Waals surface area contributed by atoms with Gasteiger partial charge in [-0.25, -0.2) is 4.68 Å². The fraction of sp³-hybridized carbons (Fsp3) is 0.182. The van der Waals surface area contributed by atoms with E-state index in [9.17, 15) is 4.79 Å². The number of carbonyl (C=O) groups is 1. The van der Waals surface area contributed by atoms with Gasteiger partial charge in [-0.3, -0.25) is 9.78 Å². The molecule has 2 aromatic heterocycles. The standard InChI is InChI=1S/C11H11BrN4O/c1-2-13-11(17)10-5-9(3-4-14-10)16-7-8(12)6-15-16/h3-7H,2H2,1H3,(H,13,17). The van der Waals surface area contributed by atoms with E-state index < -0.39 is 0 Å². The Hall–Kier alpha value is -1.69. The molecule has 0 saturated carbocycles. The van der Waals surface area contributed by atoms with Gasteiger partial charge in [-0.05, 0) is 35.0 Å². The lowest BCUT2D eigenvalue weighted by atomic mass is 10.3. The van der Waals surface area contributed by atoms with E-state index in [1.165, 1.54) is 0 Å². The van der Waals surface area contributed by atoms with Gasteiger partial charge in [-0.15, -0.1) is 0 Å². The summed E-state index contributed by atoms with van der Waals surface area (Å²) in [6.45, 7) is 2.45. The highest BCUT2D eigenvalue weighted by Crippen LogP contribution is 2.12. The third-order valence-corrected chi connectivity index (χ3v) is 2.54. The molecule has 2 aromatic rings. The third kappa shape index (κ3) is 2.71. The largest absolute Gasteiger partial charge is 0.351 e. The van der Waals surface area contributed by atoms with Gasteiger partial charge in [0.25, 0.3) is 5.91 Å². The molecule has 0 unspecified atom stereocenters. The van der Waals surface area contributed by atoms with E-state index in [1.54, 1.807) is 29.2 Å². The Morgan fingerprint density at radius 1 is 1.59 bits per heavy atom. The van der Waals surface area contributed by atoms with Gasteiger partial charge in [-0.2, -0.15) is 5.10 Å². The monoisotopic (exact) mass is 294 g/mol. The molecule has 0 aliphatic heterocycles. The zero-order valence-corrected chi connectivity index (χ0v) is 10.8. The summed E-state index contributed by atoms with van der Waals surface area (Å²) in [6.07, 6.45) is 5.10. The number of carbonyl (C=O) groups excluding carboxylic acids is 1. The van der Waals surface area contributed by atoms with Gasteiger partial charge in [0.15, 0.2) is 0 Å². The lowest BCUT2D eigenvalue weighted by Crippen LogP contribution is -2.23. The molecule has 0 aromatic carbocycles. The van der Waals surface area contributed by atoms with Crippen LogP contribution in [0, 0.1) is 0 Å². The average Bonchev–Trinajstić information content (AvgIpc) is 2.76. The lowest BCUT2D eigenvalue weighted by Gasteiger charge is -2.04. The van der Waals surface area contributed by atoms with Gasteiger partial charge in [0.2, 0.25) is 0 Å². The molecular weight excluding hydrogens is 284 g/mol. The molecule has 0 saturated heterocycles. The molecule has 2 heterocycles. The first kappa shape index (κ1) is 11.8. The molecule has 2 rings (SSSR count). The SMILES string of the molecule is CCNC(=O)c1cc(-n2cc(Br)cn2)ccn1. The number of rotatable bonds is 3. The van der Waals surface area contributed by atoms with E-state index in [0.29, 0.717) is 12.2 Å². The van der Waals surface area contributed by atoms with Crippen molar-refractivity contribution in [2.75, 3.05) is 6.54 Å². The van der Waals surface area contributed by atoms with Gasteiger partial charge in [-0.1, -0.05) is 0 Å². The molecule has 0 radical (unpaired) electrons. The quantitative estimate of drug-likeness (QED) is 0.939. The van der Waals surface area contributed by atoms with Crippen molar-refractivity contribution >= 4 is 21.8 Å². The molecule has 1 N–H and O–H groups in total. The van der Waals surface area contributed by atoms with Crippen LogP contribution >= 0.6 is 15.9 Å². The Morgan fingerprint density at radius 2 is 2.41 bits per heavy atom. The van der Waals surface area contributed by atoms with Crippen molar-refractivity contribution in [3.63, 3.8) is 0 Å². The van der Waals surface area contributed by atoms with Crippen molar-refractivity contribution < 1.29 is 4.79 Å². The molecule has 0 bridgehead atoms. The van der Waals surface area contributed by atoms with Crippen molar-refractivity contribution in [1.82, 2.24) is 20.1 Å². The molecule has 17 heavy (non-hydrogen) atoms. The number of halogens is 1. The second kappa shape index (κ2) is 5.09. The van der Waals surface area contributed by atoms with Crippen LogP contribution < -0.4 is 5.32 Å². The van der Waals surface area contributed by atoms with E-state index in [-0.39, 0.29) is 5.91 Å². The van der Waals surface area contributed by atoms with Crippen LogP contribution in [0.1, 0.15) is 17.4 Å². The van der Waals surface area contributed by atoms with Crippen molar-refractivity contribution in [3.05, 3.63) is 40.9 Å². The van der Waals surface area contributed by atoms with Crippen molar-refractivity contribution in [1.29, 1.82) is 0 Å². The summed E-state index contributed by atoms with van der Waals surface area (Å²) in [7, 11) is 0. The zero-order chi connectivity index (χ0) is 12.3. The minimum atomic E-state index is -0.180. The minimum Gasteiger partial charge on any atom is -0.351 e. The second-order valence-corrected chi connectivity index (χ2v) is 4.28. The predicted molar refractivity (Wildman–Crippen MR) is 67.1 cm³/mol. The van der Waals surface area contributed by atoms with Crippen LogP contribution in [0.15, 0.2) is 35.2 Å². The summed E-state index contributed by atoms with van der Waals surface area (Å²) < 4.78 is 2.56. The van der Waals surface area contributed by atoms with Crippen LogP contribution in [0.5, 0.6) is 0 Å². The van der Waals surface area contributed by atoms with Crippen LogP contribution in [-0.4, -0.2) is 27.2 Å². The maximum absolute atomic E-state index is 11.6. The minimum absolute atomic E-state index is 0.180. The fourth-order valence-corrected chi connectivity index (χ4v) is 1.66. The summed E-state index contributed by atoms with van der Waals surface area (Å²) >= 11 is 3.32. The maximum Gasteiger partial charge on any atom is 0.269 e. The summed E-state index contributed by atoms with van der Waals surface area (Å²) in [5, 5.41) is 6.85. The number of nitrogens with zero attached hydrogens (tertiary/aromatic N) is 3. The molecule has 1 amide bonds. The molecule has 5 nitrogen and oxygen atoms in total. The third-order valence-electron chi connectivity index (χ3n) is 2.13. The molecule has 0 fully saturated rings. The van der Waals surface area contributed by atoms with E-state index in [4.69, 9.17) is 0 Å². The number of pyridine rings is 1. The molecule has 88 valence electrons. The first-order valence-electron chi connectivity index (χ1n) is 5.15. The van der Waals surface area contributed by atoms with Gasteiger partial charge >= 0.3 is 0 Å². The summed E-state index contributed by atoms with van der Waals surface area (Å²) in [4.78, 5) is 15.6. The van der Waals surface area contributed by atoms with Crippen LogP contribution in [0.25, 0.3) is 5.69 Å². The van der Waals surface area contributed by atoms with Gasteiger partial charge < -0.3 is 5.32 Å².